The highest BCUT2D eigenvalue weighted by Crippen LogP contribution is 2.41. The molecular formula is C19H27BrN4. The zero-order valence-electron chi connectivity index (χ0n) is 14.3. The van der Waals surface area contributed by atoms with Crippen LogP contribution in [0.25, 0.3) is 0 Å². The predicted molar refractivity (Wildman–Crippen MR) is 105 cm³/mol. The fraction of sp³-hybridized carbons (Fsp3) is 0.526. The molecule has 1 aromatic carbocycles. The van der Waals surface area contributed by atoms with E-state index < -0.39 is 0 Å². The van der Waals surface area contributed by atoms with E-state index in [9.17, 15) is 0 Å². The maximum Gasteiger partial charge on any atom is 0.191 e. The molecule has 2 fully saturated rings. The highest BCUT2D eigenvalue weighted by Gasteiger charge is 2.39. The molecule has 24 heavy (non-hydrogen) atoms. The highest BCUT2D eigenvalue weighted by atomic mass is 79.9. The van der Waals surface area contributed by atoms with Crippen molar-refractivity contribution >= 4 is 21.9 Å². The number of rotatable bonds is 5. The maximum absolute atomic E-state index is 4.42. The van der Waals surface area contributed by atoms with Gasteiger partial charge in [0.1, 0.15) is 0 Å². The van der Waals surface area contributed by atoms with Crippen molar-refractivity contribution in [2.75, 3.05) is 26.7 Å². The fourth-order valence-corrected chi connectivity index (χ4v) is 3.68. The molecule has 0 spiro atoms. The number of halogens is 1. The van der Waals surface area contributed by atoms with E-state index in [-0.39, 0.29) is 0 Å². The molecule has 5 heteroatoms. The number of benzene rings is 1. The molecule has 0 aromatic heterocycles. The van der Waals surface area contributed by atoms with Gasteiger partial charge in [-0.3, -0.25) is 9.89 Å². The van der Waals surface area contributed by atoms with E-state index in [2.05, 4.69) is 67.3 Å². The summed E-state index contributed by atoms with van der Waals surface area (Å²) in [5.74, 6) is 1.55. The Morgan fingerprint density at radius 2 is 2.00 bits per heavy atom. The lowest BCUT2D eigenvalue weighted by Gasteiger charge is -2.32. The SMILES string of the molecule is C=CCN1CCC(NC(=NC)NC2CC2c2ccc(Br)cc2)CC1. The van der Waals surface area contributed by atoms with Crippen molar-refractivity contribution in [2.24, 2.45) is 4.99 Å². The van der Waals surface area contributed by atoms with Crippen LogP contribution in [-0.4, -0.2) is 49.6 Å². The minimum atomic E-state index is 0.498. The van der Waals surface area contributed by atoms with Crippen molar-refractivity contribution in [3.05, 3.63) is 47.0 Å². The second kappa shape index (κ2) is 8.17. The summed E-state index contributed by atoms with van der Waals surface area (Å²) in [5, 5.41) is 7.18. The van der Waals surface area contributed by atoms with E-state index in [0.717, 1.165) is 42.9 Å². The molecule has 2 unspecified atom stereocenters. The first kappa shape index (κ1) is 17.5. The van der Waals surface area contributed by atoms with Gasteiger partial charge in [-0.1, -0.05) is 34.1 Å². The molecule has 0 bridgehead atoms. The molecule has 1 aliphatic heterocycles. The van der Waals surface area contributed by atoms with Gasteiger partial charge in [-0.05, 0) is 37.0 Å². The Morgan fingerprint density at radius 1 is 1.29 bits per heavy atom. The van der Waals surface area contributed by atoms with E-state index in [1.54, 1.807) is 0 Å². The fourth-order valence-electron chi connectivity index (χ4n) is 3.42. The van der Waals surface area contributed by atoms with Crippen LogP contribution < -0.4 is 10.6 Å². The monoisotopic (exact) mass is 390 g/mol. The summed E-state index contributed by atoms with van der Waals surface area (Å²) >= 11 is 3.50. The molecule has 1 saturated carbocycles. The molecule has 0 radical (unpaired) electrons. The maximum atomic E-state index is 4.42. The van der Waals surface area contributed by atoms with Crippen molar-refractivity contribution < 1.29 is 0 Å². The highest BCUT2D eigenvalue weighted by molar-refractivity contribution is 9.10. The van der Waals surface area contributed by atoms with Gasteiger partial charge >= 0.3 is 0 Å². The number of hydrogen-bond acceptors (Lipinski definition) is 2. The molecule has 1 aromatic rings. The number of likely N-dealkylation sites (tertiary alicyclic amines) is 1. The average Bonchev–Trinajstić information content (AvgIpc) is 3.36. The van der Waals surface area contributed by atoms with Gasteiger partial charge in [0, 0.05) is 49.2 Å². The summed E-state index contributed by atoms with van der Waals surface area (Å²) in [6.07, 6.45) is 5.49. The predicted octanol–water partition coefficient (Wildman–Crippen LogP) is 3.12. The van der Waals surface area contributed by atoms with Crippen LogP contribution in [0.2, 0.25) is 0 Å². The average molecular weight is 391 g/mol. The van der Waals surface area contributed by atoms with E-state index in [1.165, 1.54) is 12.0 Å². The molecule has 1 saturated heterocycles. The number of aliphatic imine (C=N–C) groups is 1. The summed E-state index contributed by atoms with van der Waals surface area (Å²) in [7, 11) is 1.86. The van der Waals surface area contributed by atoms with Crippen LogP contribution in [0.5, 0.6) is 0 Å². The Labute approximate surface area is 153 Å². The second-order valence-electron chi connectivity index (χ2n) is 6.72. The lowest BCUT2D eigenvalue weighted by atomic mass is 10.1. The Kier molecular flexibility index (Phi) is 5.95. The molecular weight excluding hydrogens is 364 g/mol. The van der Waals surface area contributed by atoms with Crippen LogP contribution in [0.1, 0.15) is 30.7 Å². The zero-order chi connectivity index (χ0) is 16.9. The van der Waals surface area contributed by atoms with Gasteiger partial charge in [0.2, 0.25) is 0 Å². The van der Waals surface area contributed by atoms with E-state index >= 15 is 0 Å². The van der Waals surface area contributed by atoms with E-state index in [1.807, 2.05) is 13.1 Å². The first-order chi connectivity index (χ1) is 11.7. The van der Waals surface area contributed by atoms with Gasteiger partial charge in [0.05, 0.1) is 0 Å². The molecule has 0 amide bonds. The molecule has 2 atom stereocenters. The molecule has 130 valence electrons. The number of guanidine groups is 1. The van der Waals surface area contributed by atoms with Crippen molar-refractivity contribution in [1.29, 1.82) is 0 Å². The molecule has 4 nitrogen and oxygen atoms in total. The van der Waals surface area contributed by atoms with Crippen molar-refractivity contribution in [2.45, 2.75) is 37.3 Å². The third kappa shape index (κ3) is 4.61. The van der Waals surface area contributed by atoms with Crippen LogP contribution in [0, 0.1) is 0 Å². The van der Waals surface area contributed by atoms with Gasteiger partial charge in [-0.25, -0.2) is 0 Å². The Morgan fingerprint density at radius 3 is 2.62 bits per heavy atom. The normalized spacial score (nSPS) is 25.3. The quantitative estimate of drug-likeness (QED) is 0.460. The topological polar surface area (TPSA) is 39.7 Å². The lowest BCUT2D eigenvalue weighted by molar-refractivity contribution is 0.225. The smallest absolute Gasteiger partial charge is 0.191 e. The van der Waals surface area contributed by atoms with Crippen LogP contribution in [0.3, 0.4) is 0 Å². The van der Waals surface area contributed by atoms with Crippen LogP contribution in [-0.2, 0) is 0 Å². The molecule has 3 rings (SSSR count). The van der Waals surface area contributed by atoms with Crippen molar-refractivity contribution in [1.82, 2.24) is 15.5 Å². The van der Waals surface area contributed by atoms with Crippen molar-refractivity contribution in [3.63, 3.8) is 0 Å². The lowest BCUT2D eigenvalue weighted by Crippen LogP contribution is -2.49. The largest absolute Gasteiger partial charge is 0.354 e. The van der Waals surface area contributed by atoms with Crippen LogP contribution in [0.4, 0.5) is 0 Å². The molecule has 2 N–H and O–H groups in total. The van der Waals surface area contributed by atoms with Crippen LogP contribution >= 0.6 is 15.9 Å². The number of nitrogens with zero attached hydrogens (tertiary/aromatic N) is 2. The van der Waals surface area contributed by atoms with Gasteiger partial charge in [-0.2, -0.15) is 0 Å². The summed E-state index contributed by atoms with van der Waals surface area (Å²) in [6, 6.07) is 9.67. The van der Waals surface area contributed by atoms with Gasteiger partial charge in [0.15, 0.2) is 5.96 Å². The van der Waals surface area contributed by atoms with Crippen molar-refractivity contribution in [3.8, 4) is 0 Å². The standard InChI is InChI=1S/C19H27BrN4/c1-3-10-24-11-8-16(9-12-24)22-19(21-2)23-18-13-17(18)14-4-6-15(20)7-5-14/h3-7,16-18H,1,8-13H2,2H3,(H2,21,22,23). The third-order valence-electron chi connectivity index (χ3n) is 4.95. The van der Waals surface area contributed by atoms with Gasteiger partial charge in [-0.15, -0.1) is 6.58 Å². The van der Waals surface area contributed by atoms with Gasteiger partial charge in [0.25, 0.3) is 0 Å². The number of hydrogen-bond donors (Lipinski definition) is 2. The van der Waals surface area contributed by atoms with E-state index in [0.29, 0.717) is 18.0 Å². The summed E-state index contributed by atoms with van der Waals surface area (Å²) in [6.45, 7) is 7.08. The first-order valence-corrected chi connectivity index (χ1v) is 9.57. The van der Waals surface area contributed by atoms with Gasteiger partial charge < -0.3 is 10.6 Å². The van der Waals surface area contributed by atoms with E-state index in [4.69, 9.17) is 0 Å². The summed E-state index contributed by atoms with van der Waals surface area (Å²) < 4.78 is 1.14. The van der Waals surface area contributed by atoms with Crippen LogP contribution in [0.15, 0.2) is 46.4 Å². The first-order valence-electron chi connectivity index (χ1n) is 8.78. The third-order valence-corrected chi connectivity index (χ3v) is 5.48. The Bertz CT molecular complexity index is 576. The second-order valence-corrected chi connectivity index (χ2v) is 7.64. The minimum absolute atomic E-state index is 0.498. The molecule has 1 heterocycles. The molecule has 2 aliphatic rings. The Balaban J connectivity index is 1.45. The number of piperidine rings is 1. The minimum Gasteiger partial charge on any atom is -0.354 e. The number of nitrogens with one attached hydrogen (secondary N) is 2. The Hall–Kier alpha value is -1.33. The summed E-state index contributed by atoms with van der Waals surface area (Å²) in [5.41, 5.74) is 1.41. The summed E-state index contributed by atoms with van der Waals surface area (Å²) in [4.78, 5) is 6.87. The molecule has 1 aliphatic carbocycles. The zero-order valence-corrected chi connectivity index (χ0v) is 15.9.